The topological polar surface area (TPSA) is 57.5 Å². The Morgan fingerprint density at radius 3 is 2.81 bits per heavy atom. The summed E-state index contributed by atoms with van der Waals surface area (Å²) < 4.78 is 1.96. The Morgan fingerprint density at radius 2 is 2.00 bits per heavy atom. The van der Waals surface area contributed by atoms with Gasteiger partial charge in [0.2, 0.25) is 5.91 Å². The summed E-state index contributed by atoms with van der Waals surface area (Å²) in [6, 6.07) is 4.04. The summed E-state index contributed by atoms with van der Waals surface area (Å²) in [5.41, 5.74) is 4.74. The van der Waals surface area contributed by atoms with Gasteiger partial charge in [-0.15, -0.1) is 0 Å². The number of fused-ring (bicyclic) bond motifs is 1. The largest absolute Gasteiger partial charge is 0.341 e. The summed E-state index contributed by atoms with van der Waals surface area (Å²) in [6.07, 6.45) is 9.77. The Bertz CT molecular complexity index is 951. The summed E-state index contributed by atoms with van der Waals surface area (Å²) in [6.45, 7) is 8.40. The highest BCUT2D eigenvalue weighted by Gasteiger charge is 2.39. The highest BCUT2D eigenvalue weighted by atomic mass is 16.2. The first-order chi connectivity index (χ1) is 15.0. The van der Waals surface area contributed by atoms with Crippen molar-refractivity contribution in [2.45, 2.75) is 45.6 Å². The number of rotatable bonds is 3. The Hall–Kier alpha value is -2.25. The zero-order chi connectivity index (χ0) is 21.4. The van der Waals surface area contributed by atoms with Gasteiger partial charge in [-0.3, -0.25) is 14.7 Å². The predicted octanol–water partition coefficient (Wildman–Crippen LogP) is 2.27. The fourth-order valence-corrected chi connectivity index (χ4v) is 5.81. The van der Waals surface area contributed by atoms with Gasteiger partial charge >= 0.3 is 0 Å². The molecule has 1 amide bonds. The van der Waals surface area contributed by atoms with E-state index in [2.05, 4.69) is 39.0 Å². The van der Waals surface area contributed by atoms with Crippen LogP contribution in [0.5, 0.6) is 0 Å². The van der Waals surface area contributed by atoms with E-state index in [-0.39, 0.29) is 0 Å². The summed E-state index contributed by atoms with van der Waals surface area (Å²) >= 11 is 0. The normalized spacial score (nSPS) is 25.0. The Balaban J connectivity index is 1.22. The maximum atomic E-state index is 13.2. The standard InChI is InChI=1S/C24H34N6O/c1-19-13-21(5-9-25-19)30-15-20-14-28(12-6-22(20)26-30)16-23(31)29-11-4-8-24(18-29)7-3-10-27(2)17-24/h5,9,13,15H,3-4,6-8,10-12,14,16-18H2,1-2H3. The van der Waals surface area contributed by atoms with Gasteiger partial charge in [0.15, 0.2) is 0 Å². The smallest absolute Gasteiger partial charge is 0.236 e. The van der Waals surface area contributed by atoms with Gasteiger partial charge in [-0.05, 0) is 58.3 Å². The Morgan fingerprint density at radius 1 is 1.16 bits per heavy atom. The number of pyridine rings is 1. The highest BCUT2D eigenvalue weighted by molar-refractivity contribution is 5.78. The van der Waals surface area contributed by atoms with Gasteiger partial charge in [0, 0.05) is 68.2 Å². The zero-order valence-electron chi connectivity index (χ0n) is 18.9. The molecule has 5 rings (SSSR count). The molecule has 0 N–H and O–H groups in total. The molecule has 7 heteroatoms. The van der Waals surface area contributed by atoms with E-state index in [9.17, 15) is 4.79 Å². The van der Waals surface area contributed by atoms with Crippen molar-refractivity contribution in [1.29, 1.82) is 0 Å². The van der Waals surface area contributed by atoms with Gasteiger partial charge in [-0.25, -0.2) is 4.68 Å². The quantitative estimate of drug-likeness (QED) is 0.760. The monoisotopic (exact) mass is 422 g/mol. The van der Waals surface area contributed by atoms with Crippen molar-refractivity contribution < 1.29 is 4.79 Å². The van der Waals surface area contributed by atoms with Crippen molar-refractivity contribution in [2.24, 2.45) is 5.41 Å². The second-order valence-electron chi connectivity index (χ2n) is 9.92. The molecule has 31 heavy (non-hydrogen) atoms. The molecular formula is C24H34N6O. The lowest BCUT2D eigenvalue weighted by atomic mass is 9.74. The van der Waals surface area contributed by atoms with Crippen LogP contribution in [-0.4, -0.2) is 81.7 Å². The van der Waals surface area contributed by atoms with Crippen LogP contribution in [0.15, 0.2) is 24.5 Å². The maximum Gasteiger partial charge on any atom is 0.236 e. The number of carbonyl (C=O) groups is 1. The third-order valence-corrected chi connectivity index (χ3v) is 7.31. The molecule has 3 aliphatic rings. The molecule has 0 bridgehead atoms. The van der Waals surface area contributed by atoms with E-state index in [4.69, 9.17) is 5.10 Å². The Kier molecular flexibility index (Phi) is 5.56. The summed E-state index contributed by atoms with van der Waals surface area (Å²) in [7, 11) is 2.22. The molecule has 1 atom stereocenters. The molecule has 2 saturated heterocycles. The van der Waals surface area contributed by atoms with E-state index >= 15 is 0 Å². The van der Waals surface area contributed by atoms with E-state index in [1.807, 2.05) is 23.9 Å². The molecule has 0 aromatic carbocycles. The first-order valence-electron chi connectivity index (χ1n) is 11.7. The molecular weight excluding hydrogens is 388 g/mol. The molecule has 2 aromatic rings. The molecule has 0 radical (unpaired) electrons. The molecule has 2 fully saturated rings. The van der Waals surface area contributed by atoms with Crippen LogP contribution in [-0.2, 0) is 17.8 Å². The third-order valence-electron chi connectivity index (χ3n) is 7.31. The van der Waals surface area contributed by atoms with Crippen LogP contribution in [0.25, 0.3) is 5.69 Å². The lowest BCUT2D eigenvalue weighted by Crippen LogP contribution is -2.54. The number of aryl methyl sites for hydroxylation is 1. The average Bonchev–Trinajstić information content (AvgIpc) is 3.17. The van der Waals surface area contributed by atoms with Crippen molar-refractivity contribution in [3.05, 3.63) is 41.5 Å². The van der Waals surface area contributed by atoms with Crippen LogP contribution in [0.3, 0.4) is 0 Å². The van der Waals surface area contributed by atoms with E-state index in [1.54, 1.807) is 0 Å². The average molecular weight is 423 g/mol. The lowest BCUT2D eigenvalue weighted by Gasteiger charge is -2.48. The molecule has 7 nitrogen and oxygen atoms in total. The SMILES string of the molecule is Cc1cc(-n2cc3c(n2)CCN(CC(=O)N2CCCC4(CCCN(C)C4)C2)C3)ccn1. The minimum absolute atomic E-state index is 0.299. The first-order valence-corrected chi connectivity index (χ1v) is 11.7. The Labute approximate surface area is 185 Å². The van der Waals surface area contributed by atoms with Crippen molar-refractivity contribution in [3.63, 3.8) is 0 Å². The number of hydrogen-bond donors (Lipinski definition) is 0. The van der Waals surface area contributed by atoms with Crippen molar-refractivity contribution in [2.75, 3.05) is 46.3 Å². The molecule has 5 heterocycles. The van der Waals surface area contributed by atoms with Crippen LogP contribution in [0, 0.1) is 12.3 Å². The second-order valence-corrected chi connectivity index (χ2v) is 9.92. The fraction of sp³-hybridized carbons (Fsp3) is 0.625. The number of carbonyl (C=O) groups excluding carboxylic acids is 1. The van der Waals surface area contributed by atoms with Crippen LogP contribution >= 0.6 is 0 Å². The number of nitrogens with zero attached hydrogens (tertiary/aromatic N) is 6. The van der Waals surface area contributed by atoms with Crippen LogP contribution < -0.4 is 0 Å². The predicted molar refractivity (Wildman–Crippen MR) is 120 cm³/mol. The van der Waals surface area contributed by atoms with Crippen LogP contribution in [0.2, 0.25) is 0 Å². The number of aromatic nitrogens is 3. The lowest BCUT2D eigenvalue weighted by molar-refractivity contribution is -0.137. The highest BCUT2D eigenvalue weighted by Crippen LogP contribution is 2.38. The molecule has 1 unspecified atom stereocenters. The van der Waals surface area contributed by atoms with Crippen LogP contribution in [0.1, 0.15) is 42.6 Å². The number of piperidine rings is 2. The van der Waals surface area contributed by atoms with Gasteiger partial charge in [0.25, 0.3) is 0 Å². The van der Waals surface area contributed by atoms with Gasteiger partial charge in [0.1, 0.15) is 0 Å². The van der Waals surface area contributed by atoms with Crippen molar-refractivity contribution in [3.8, 4) is 5.69 Å². The number of likely N-dealkylation sites (tertiary alicyclic amines) is 2. The van der Waals surface area contributed by atoms with Crippen molar-refractivity contribution in [1.82, 2.24) is 29.5 Å². The van der Waals surface area contributed by atoms with Crippen LogP contribution in [0.4, 0.5) is 0 Å². The van der Waals surface area contributed by atoms with E-state index in [0.717, 1.165) is 62.6 Å². The molecule has 2 aromatic heterocycles. The third kappa shape index (κ3) is 4.39. The second kappa shape index (κ2) is 8.36. The fourth-order valence-electron chi connectivity index (χ4n) is 5.81. The molecule has 0 aliphatic carbocycles. The molecule has 0 saturated carbocycles. The summed E-state index contributed by atoms with van der Waals surface area (Å²) in [5, 5.41) is 4.79. The number of amides is 1. The molecule has 1 spiro atoms. The zero-order valence-corrected chi connectivity index (χ0v) is 18.9. The number of hydrogen-bond acceptors (Lipinski definition) is 5. The van der Waals surface area contributed by atoms with Gasteiger partial charge in [0.05, 0.1) is 17.9 Å². The maximum absolute atomic E-state index is 13.2. The van der Waals surface area contributed by atoms with E-state index < -0.39 is 0 Å². The van der Waals surface area contributed by atoms with Gasteiger partial charge < -0.3 is 9.80 Å². The summed E-state index contributed by atoms with van der Waals surface area (Å²) in [4.78, 5) is 24.4. The molecule has 3 aliphatic heterocycles. The summed E-state index contributed by atoms with van der Waals surface area (Å²) in [5.74, 6) is 0.299. The van der Waals surface area contributed by atoms with E-state index in [1.165, 1.54) is 31.4 Å². The first kappa shape index (κ1) is 20.6. The van der Waals surface area contributed by atoms with Gasteiger partial charge in [-0.2, -0.15) is 5.10 Å². The van der Waals surface area contributed by atoms with Gasteiger partial charge in [-0.1, -0.05) is 0 Å². The molecule has 166 valence electrons. The minimum atomic E-state index is 0.299. The van der Waals surface area contributed by atoms with E-state index in [0.29, 0.717) is 17.9 Å². The van der Waals surface area contributed by atoms with Crippen molar-refractivity contribution >= 4 is 5.91 Å². The minimum Gasteiger partial charge on any atom is -0.341 e.